The van der Waals surface area contributed by atoms with Crippen LogP contribution in [0, 0.1) is 17.8 Å². The van der Waals surface area contributed by atoms with Crippen molar-refractivity contribution in [2.24, 2.45) is 17.8 Å². The molecule has 1 heterocycles. The lowest BCUT2D eigenvalue weighted by Crippen LogP contribution is -2.42. The Bertz CT molecular complexity index is 383. The van der Waals surface area contributed by atoms with Crippen LogP contribution in [0.15, 0.2) is 24.4 Å². The maximum Gasteiger partial charge on any atom is 0.0585 e. The van der Waals surface area contributed by atoms with Crippen molar-refractivity contribution in [2.45, 2.75) is 46.3 Å². The summed E-state index contributed by atoms with van der Waals surface area (Å²) in [6, 6.07) is 6.07. The number of hydrogen-bond donors (Lipinski definition) is 1. The highest BCUT2D eigenvalue weighted by molar-refractivity contribution is 5.03. The van der Waals surface area contributed by atoms with E-state index in [1.165, 1.54) is 6.42 Å². The normalized spacial score (nSPS) is 30.6. The van der Waals surface area contributed by atoms with E-state index in [0.717, 1.165) is 31.7 Å². The van der Waals surface area contributed by atoms with Gasteiger partial charge >= 0.3 is 0 Å². The Morgan fingerprint density at radius 3 is 2.70 bits per heavy atom. The van der Waals surface area contributed by atoms with Gasteiger partial charge in [0.2, 0.25) is 0 Å². The quantitative estimate of drug-likeness (QED) is 0.898. The van der Waals surface area contributed by atoms with Crippen molar-refractivity contribution in [1.82, 2.24) is 9.88 Å². The van der Waals surface area contributed by atoms with Gasteiger partial charge in [0, 0.05) is 25.2 Å². The maximum absolute atomic E-state index is 10.4. The molecule has 1 aromatic heterocycles. The van der Waals surface area contributed by atoms with Gasteiger partial charge in [-0.25, -0.2) is 0 Å². The summed E-state index contributed by atoms with van der Waals surface area (Å²) in [7, 11) is 0. The molecule has 1 saturated carbocycles. The van der Waals surface area contributed by atoms with Gasteiger partial charge in [-0.1, -0.05) is 26.8 Å². The Balaban J connectivity index is 1.95. The van der Waals surface area contributed by atoms with E-state index in [1.807, 2.05) is 18.3 Å². The molecule has 20 heavy (non-hydrogen) atoms. The largest absolute Gasteiger partial charge is 0.393 e. The topological polar surface area (TPSA) is 36.4 Å². The van der Waals surface area contributed by atoms with E-state index in [4.69, 9.17) is 0 Å². The lowest BCUT2D eigenvalue weighted by molar-refractivity contribution is -0.00269. The van der Waals surface area contributed by atoms with E-state index in [9.17, 15) is 5.11 Å². The molecule has 3 nitrogen and oxygen atoms in total. The summed E-state index contributed by atoms with van der Waals surface area (Å²) in [5.41, 5.74) is 1.11. The molecule has 0 aliphatic heterocycles. The summed E-state index contributed by atoms with van der Waals surface area (Å²) in [6.07, 6.45) is 3.90. The molecule has 1 aliphatic rings. The molecule has 0 saturated heterocycles. The summed E-state index contributed by atoms with van der Waals surface area (Å²) >= 11 is 0. The summed E-state index contributed by atoms with van der Waals surface area (Å²) in [5, 5.41) is 10.4. The van der Waals surface area contributed by atoms with Crippen molar-refractivity contribution in [3.8, 4) is 0 Å². The van der Waals surface area contributed by atoms with Crippen LogP contribution in [0.2, 0.25) is 0 Å². The van der Waals surface area contributed by atoms with Gasteiger partial charge in [0.1, 0.15) is 0 Å². The fourth-order valence-electron chi connectivity index (χ4n) is 3.50. The Morgan fingerprint density at radius 2 is 2.10 bits per heavy atom. The van der Waals surface area contributed by atoms with Gasteiger partial charge in [-0.2, -0.15) is 0 Å². The minimum atomic E-state index is -0.147. The lowest BCUT2D eigenvalue weighted by atomic mass is 9.73. The summed E-state index contributed by atoms with van der Waals surface area (Å²) in [4.78, 5) is 6.81. The van der Waals surface area contributed by atoms with Gasteiger partial charge in [-0.15, -0.1) is 0 Å². The van der Waals surface area contributed by atoms with Crippen LogP contribution in [0.3, 0.4) is 0 Å². The van der Waals surface area contributed by atoms with E-state index >= 15 is 0 Å². The average Bonchev–Trinajstić information content (AvgIpc) is 2.42. The minimum absolute atomic E-state index is 0.147. The molecule has 0 spiro atoms. The first-order valence-corrected chi connectivity index (χ1v) is 7.90. The standard InChI is InChI=1S/C17H28N2O/c1-4-19(11-15-7-5-6-8-18-15)12-16-14(3)9-13(2)10-17(16)20/h5-8,13-14,16-17,20H,4,9-12H2,1-3H3. The number of rotatable bonds is 5. The Hall–Kier alpha value is -0.930. The van der Waals surface area contributed by atoms with Gasteiger partial charge in [-0.05, 0) is 43.4 Å². The number of pyridine rings is 1. The molecule has 3 heteroatoms. The Labute approximate surface area is 123 Å². The first-order valence-electron chi connectivity index (χ1n) is 7.90. The van der Waals surface area contributed by atoms with E-state index in [2.05, 4.69) is 36.7 Å². The van der Waals surface area contributed by atoms with Crippen molar-refractivity contribution in [1.29, 1.82) is 0 Å². The minimum Gasteiger partial charge on any atom is -0.393 e. The van der Waals surface area contributed by atoms with Gasteiger partial charge in [-0.3, -0.25) is 9.88 Å². The van der Waals surface area contributed by atoms with E-state index in [-0.39, 0.29) is 6.10 Å². The van der Waals surface area contributed by atoms with Crippen molar-refractivity contribution in [3.63, 3.8) is 0 Å². The van der Waals surface area contributed by atoms with Crippen LogP contribution in [-0.4, -0.2) is 34.2 Å². The number of aliphatic hydroxyl groups excluding tert-OH is 1. The first-order chi connectivity index (χ1) is 9.60. The molecule has 1 aromatic rings. The third kappa shape index (κ3) is 4.03. The van der Waals surface area contributed by atoms with Crippen LogP contribution < -0.4 is 0 Å². The second-order valence-corrected chi connectivity index (χ2v) is 6.43. The van der Waals surface area contributed by atoms with Gasteiger partial charge in [0.15, 0.2) is 0 Å². The molecule has 1 aliphatic carbocycles. The third-order valence-electron chi connectivity index (χ3n) is 4.67. The van der Waals surface area contributed by atoms with Gasteiger partial charge < -0.3 is 5.11 Å². The molecule has 0 bridgehead atoms. The van der Waals surface area contributed by atoms with Crippen molar-refractivity contribution in [2.75, 3.05) is 13.1 Å². The molecule has 0 aromatic carbocycles. The summed E-state index contributed by atoms with van der Waals surface area (Å²) < 4.78 is 0. The molecule has 4 atom stereocenters. The van der Waals surface area contributed by atoms with E-state index < -0.39 is 0 Å². The fraction of sp³-hybridized carbons (Fsp3) is 0.706. The van der Waals surface area contributed by atoms with Crippen molar-refractivity contribution >= 4 is 0 Å². The molecule has 1 fully saturated rings. The second kappa shape index (κ2) is 7.19. The summed E-state index contributed by atoms with van der Waals surface area (Å²) in [6.45, 7) is 9.58. The molecular formula is C17H28N2O. The average molecular weight is 276 g/mol. The molecular weight excluding hydrogens is 248 g/mol. The van der Waals surface area contributed by atoms with Gasteiger partial charge in [0.05, 0.1) is 11.8 Å². The highest BCUT2D eigenvalue weighted by atomic mass is 16.3. The third-order valence-corrected chi connectivity index (χ3v) is 4.67. The molecule has 2 rings (SSSR count). The maximum atomic E-state index is 10.4. The predicted molar refractivity (Wildman–Crippen MR) is 82.2 cm³/mol. The SMILES string of the molecule is CCN(Cc1ccccn1)CC1C(C)CC(C)CC1O. The van der Waals surface area contributed by atoms with Crippen LogP contribution in [0.25, 0.3) is 0 Å². The van der Waals surface area contributed by atoms with Crippen LogP contribution in [0.4, 0.5) is 0 Å². The zero-order valence-corrected chi connectivity index (χ0v) is 13.0. The number of aliphatic hydroxyl groups is 1. The Morgan fingerprint density at radius 1 is 1.30 bits per heavy atom. The van der Waals surface area contributed by atoms with E-state index in [0.29, 0.717) is 17.8 Å². The fourth-order valence-corrected chi connectivity index (χ4v) is 3.50. The van der Waals surface area contributed by atoms with Gasteiger partial charge in [0.25, 0.3) is 0 Å². The zero-order valence-electron chi connectivity index (χ0n) is 13.0. The first kappa shape index (κ1) is 15.5. The molecule has 4 unspecified atom stereocenters. The smallest absolute Gasteiger partial charge is 0.0585 e. The number of hydrogen-bond acceptors (Lipinski definition) is 3. The predicted octanol–water partition coefficient (Wildman–Crippen LogP) is 2.95. The zero-order chi connectivity index (χ0) is 14.5. The second-order valence-electron chi connectivity index (χ2n) is 6.43. The molecule has 1 N–H and O–H groups in total. The van der Waals surface area contributed by atoms with Crippen molar-refractivity contribution in [3.05, 3.63) is 30.1 Å². The van der Waals surface area contributed by atoms with Crippen LogP contribution in [0.1, 0.15) is 39.3 Å². The highest BCUT2D eigenvalue weighted by Crippen LogP contribution is 2.34. The molecule has 0 amide bonds. The van der Waals surface area contributed by atoms with Crippen LogP contribution >= 0.6 is 0 Å². The van der Waals surface area contributed by atoms with Crippen molar-refractivity contribution < 1.29 is 5.11 Å². The lowest BCUT2D eigenvalue weighted by Gasteiger charge is -2.39. The monoisotopic (exact) mass is 276 g/mol. The van der Waals surface area contributed by atoms with Crippen LogP contribution in [0.5, 0.6) is 0 Å². The summed E-state index contributed by atoms with van der Waals surface area (Å²) in [5.74, 6) is 1.66. The molecule has 112 valence electrons. The number of aromatic nitrogens is 1. The van der Waals surface area contributed by atoms with E-state index in [1.54, 1.807) is 0 Å². The number of nitrogens with zero attached hydrogens (tertiary/aromatic N) is 2. The van der Waals surface area contributed by atoms with Crippen LogP contribution in [-0.2, 0) is 6.54 Å². The molecule has 0 radical (unpaired) electrons. The highest BCUT2D eigenvalue weighted by Gasteiger charge is 2.33. The Kier molecular flexibility index (Phi) is 5.55.